The Hall–Kier alpha value is -4.02. The predicted molar refractivity (Wildman–Crippen MR) is 113 cm³/mol. The van der Waals surface area contributed by atoms with Gasteiger partial charge in [0.25, 0.3) is 11.8 Å². The molecule has 0 aliphatic rings. The zero-order valence-corrected chi connectivity index (χ0v) is 18.0. The van der Waals surface area contributed by atoms with Gasteiger partial charge in [-0.25, -0.2) is 9.59 Å². The number of esters is 1. The van der Waals surface area contributed by atoms with Crippen molar-refractivity contribution in [1.29, 1.82) is 0 Å². The molecule has 0 aliphatic carbocycles. The average Bonchev–Trinajstić information content (AvgIpc) is 3.32. The van der Waals surface area contributed by atoms with E-state index < -0.39 is 30.4 Å². The number of carbonyl (C=O) groups excluding carboxylic acids is 4. The zero-order valence-electron chi connectivity index (χ0n) is 18.0. The summed E-state index contributed by atoms with van der Waals surface area (Å²) in [4.78, 5) is 48.5. The lowest BCUT2D eigenvalue weighted by Crippen LogP contribution is -2.41. The number of rotatable bonds is 10. The van der Waals surface area contributed by atoms with Crippen molar-refractivity contribution in [3.8, 4) is 11.5 Å². The Kier molecular flexibility index (Phi) is 9.08. The third-order valence-electron chi connectivity index (χ3n) is 4.14. The maximum absolute atomic E-state index is 12.6. The fourth-order valence-corrected chi connectivity index (χ4v) is 2.54. The first-order valence-corrected chi connectivity index (χ1v) is 9.75. The van der Waals surface area contributed by atoms with Crippen LogP contribution >= 0.6 is 0 Å². The summed E-state index contributed by atoms with van der Waals surface area (Å²) in [6.45, 7) is 1.67. The SMILES string of the molecule is CCCCNC(=O)NC(=O)COC(=O)c1cc(OC)c(OC)cc1NC(=O)c1ccco1. The van der Waals surface area contributed by atoms with Gasteiger partial charge in [0.05, 0.1) is 31.7 Å². The molecule has 11 heteroatoms. The molecule has 0 unspecified atom stereocenters. The molecule has 1 aromatic heterocycles. The monoisotopic (exact) mass is 447 g/mol. The van der Waals surface area contributed by atoms with E-state index >= 15 is 0 Å². The summed E-state index contributed by atoms with van der Waals surface area (Å²) in [5.41, 5.74) is -0.0467. The Morgan fingerprint density at radius 3 is 2.41 bits per heavy atom. The van der Waals surface area contributed by atoms with Crippen molar-refractivity contribution in [2.75, 3.05) is 32.7 Å². The van der Waals surface area contributed by atoms with Crippen LogP contribution in [0.15, 0.2) is 34.9 Å². The van der Waals surface area contributed by atoms with E-state index in [2.05, 4.69) is 16.0 Å². The Morgan fingerprint density at radius 1 is 1.06 bits per heavy atom. The normalized spacial score (nSPS) is 10.1. The third kappa shape index (κ3) is 6.76. The Balaban J connectivity index is 2.11. The highest BCUT2D eigenvalue weighted by atomic mass is 16.5. The minimum atomic E-state index is -0.928. The summed E-state index contributed by atoms with van der Waals surface area (Å²) < 4.78 is 20.4. The van der Waals surface area contributed by atoms with Gasteiger partial charge in [-0.2, -0.15) is 0 Å². The molecule has 0 saturated heterocycles. The largest absolute Gasteiger partial charge is 0.493 e. The van der Waals surface area contributed by atoms with Crippen LogP contribution in [0.5, 0.6) is 11.5 Å². The number of amides is 4. The summed E-state index contributed by atoms with van der Waals surface area (Å²) in [5.74, 6) is -1.88. The number of nitrogens with one attached hydrogen (secondary N) is 3. The molecule has 0 fully saturated rings. The Bertz CT molecular complexity index is 956. The van der Waals surface area contributed by atoms with Crippen LogP contribution in [0.4, 0.5) is 10.5 Å². The minimum absolute atomic E-state index is 0.0209. The van der Waals surface area contributed by atoms with Gasteiger partial charge in [0.2, 0.25) is 0 Å². The first-order valence-electron chi connectivity index (χ1n) is 9.75. The average molecular weight is 447 g/mol. The number of hydrogen-bond donors (Lipinski definition) is 3. The van der Waals surface area contributed by atoms with Crippen LogP contribution in [0.3, 0.4) is 0 Å². The molecule has 2 aromatic rings. The van der Waals surface area contributed by atoms with Crippen LogP contribution in [0, 0.1) is 0 Å². The molecule has 32 heavy (non-hydrogen) atoms. The molecule has 0 aliphatic heterocycles. The Labute approximate surface area is 184 Å². The fraction of sp³-hybridized carbons (Fsp3) is 0.333. The van der Waals surface area contributed by atoms with Crippen LogP contribution in [0.2, 0.25) is 0 Å². The number of urea groups is 1. The molecule has 172 valence electrons. The molecule has 4 amide bonds. The fourth-order valence-electron chi connectivity index (χ4n) is 2.54. The van der Waals surface area contributed by atoms with Crippen LogP contribution in [0.25, 0.3) is 0 Å². The number of hydrogen-bond acceptors (Lipinski definition) is 8. The highest BCUT2D eigenvalue weighted by Gasteiger charge is 2.22. The molecule has 1 heterocycles. The van der Waals surface area contributed by atoms with Crippen LogP contribution < -0.4 is 25.4 Å². The van der Waals surface area contributed by atoms with Crippen LogP contribution in [-0.2, 0) is 9.53 Å². The summed E-state index contributed by atoms with van der Waals surface area (Å²) in [6, 6.07) is 4.97. The third-order valence-corrected chi connectivity index (χ3v) is 4.14. The molecule has 0 atom stereocenters. The molecule has 0 spiro atoms. The highest BCUT2D eigenvalue weighted by molar-refractivity contribution is 6.07. The van der Waals surface area contributed by atoms with Crippen LogP contribution in [0.1, 0.15) is 40.7 Å². The molecule has 3 N–H and O–H groups in total. The van der Waals surface area contributed by atoms with Crippen molar-refractivity contribution in [2.24, 2.45) is 0 Å². The van der Waals surface area contributed by atoms with Gasteiger partial charge < -0.3 is 29.3 Å². The van der Waals surface area contributed by atoms with E-state index in [0.29, 0.717) is 6.54 Å². The number of anilines is 1. The number of benzene rings is 1. The number of methoxy groups -OCH3 is 2. The van der Waals surface area contributed by atoms with Gasteiger partial charge >= 0.3 is 12.0 Å². The van der Waals surface area contributed by atoms with Gasteiger partial charge in [0, 0.05) is 18.7 Å². The highest BCUT2D eigenvalue weighted by Crippen LogP contribution is 2.34. The van der Waals surface area contributed by atoms with Gasteiger partial charge in [-0.3, -0.25) is 14.9 Å². The lowest BCUT2D eigenvalue weighted by molar-refractivity contribution is -0.123. The van der Waals surface area contributed by atoms with E-state index in [9.17, 15) is 19.2 Å². The topological polar surface area (TPSA) is 145 Å². The second-order valence-corrected chi connectivity index (χ2v) is 6.42. The van der Waals surface area contributed by atoms with Crippen molar-refractivity contribution >= 4 is 29.5 Å². The van der Waals surface area contributed by atoms with Crippen molar-refractivity contribution < 1.29 is 37.8 Å². The van der Waals surface area contributed by atoms with Crippen molar-refractivity contribution in [1.82, 2.24) is 10.6 Å². The molecule has 2 rings (SSSR count). The first-order chi connectivity index (χ1) is 15.4. The maximum Gasteiger partial charge on any atom is 0.340 e. The summed E-state index contributed by atoms with van der Waals surface area (Å²) in [7, 11) is 2.77. The quantitative estimate of drug-likeness (QED) is 0.372. The minimum Gasteiger partial charge on any atom is -0.493 e. The number of imide groups is 1. The molecule has 0 saturated carbocycles. The van der Waals surface area contributed by atoms with E-state index in [4.69, 9.17) is 18.6 Å². The predicted octanol–water partition coefficient (Wildman–Crippen LogP) is 2.33. The molecule has 0 radical (unpaired) electrons. The van der Waals surface area contributed by atoms with Crippen molar-refractivity contribution in [2.45, 2.75) is 19.8 Å². The number of carbonyl (C=O) groups is 4. The van der Waals surface area contributed by atoms with Gasteiger partial charge in [-0.05, 0) is 18.6 Å². The van der Waals surface area contributed by atoms with Gasteiger partial charge in [-0.15, -0.1) is 0 Å². The summed E-state index contributed by atoms with van der Waals surface area (Å²) in [6.07, 6.45) is 2.98. The van der Waals surface area contributed by atoms with Crippen LogP contribution in [-0.4, -0.2) is 51.2 Å². The Morgan fingerprint density at radius 2 is 1.78 bits per heavy atom. The van der Waals surface area contributed by atoms with Gasteiger partial charge in [0.15, 0.2) is 23.9 Å². The van der Waals surface area contributed by atoms with E-state index in [0.717, 1.165) is 12.8 Å². The molecule has 1 aromatic carbocycles. The molecule has 0 bridgehead atoms. The van der Waals surface area contributed by atoms with E-state index in [1.165, 1.54) is 44.7 Å². The van der Waals surface area contributed by atoms with Gasteiger partial charge in [0.1, 0.15) is 0 Å². The maximum atomic E-state index is 12.6. The van der Waals surface area contributed by atoms with E-state index in [1.807, 2.05) is 6.92 Å². The molecule has 11 nitrogen and oxygen atoms in total. The standard InChI is InChI=1S/C21H25N3O8/c1-4-5-8-22-21(28)24-18(25)12-32-20(27)13-10-16(29-2)17(30-3)11-14(13)23-19(26)15-7-6-9-31-15/h6-7,9-11H,4-5,8,12H2,1-3H3,(H,23,26)(H2,22,24,25,28). The summed E-state index contributed by atoms with van der Waals surface area (Å²) >= 11 is 0. The lowest BCUT2D eigenvalue weighted by atomic mass is 10.1. The van der Waals surface area contributed by atoms with E-state index in [-0.39, 0.29) is 28.5 Å². The number of unbranched alkanes of at least 4 members (excludes halogenated alkanes) is 1. The van der Waals surface area contributed by atoms with Gasteiger partial charge in [-0.1, -0.05) is 13.3 Å². The van der Waals surface area contributed by atoms with Crippen molar-refractivity contribution in [3.05, 3.63) is 41.9 Å². The first kappa shape index (κ1) is 24.3. The smallest absolute Gasteiger partial charge is 0.340 e. The summed E-state index contributed by atoms with van der Waals surface area (Å²) in [5, 5.41) is 7.10. The zero-order chi connectivity index (χ0) is 23.5. The second-order valence-electron chi connectivity index (χ2n) is 6.42. The van der Waals surface area contributed by atoms with E-state index in [1.54, 1.807) is 0 Å². The second kappa shape index (κ2) is 12.0. The van der Waals surface area contributed by atoms with Crippen molar-refractivity contribution in [3.63, 3.8) is 0 Å². The lowest BCUT2D eigenvalue weighted by Gasteiger charge is -2.15. The molecular formula is C21H25N3O8. The number of furan rings is 1. The molecular weight excluding hydrogens is 422 g/mol. The number of ether oxygens (including phenoxy) is 3.